The Morgan fingerprint density at radius 3 is 2.35 bits per heavy atom. The van der Waals surface area contributed by atoms with E-state index in [1.165, 1.54) is 19.3 Å². The summed E-state index contributed by atoms with van der Waals surface area (Å²) in [6.07, 6.45) is 4.22. The van der Waals surface area contributed by atoms with Gasteiger partial charge in [-0.3, -0.25) is 4.72 Å². The molecule has 0 radical (unpaired) electrons. The molecule has 0 aromatic heterocycles. The van der Waals surface area contributed by atoms with E-state index in [4.69, 9.17) is 11.6 Å². The highest BCUT2D eigenvalue weighted by Crippen LogP contribution is 2.22. The van der Waals surface area contributed by atoms with Crippen molar-refractivity contribution >= 4 is 33.0 Å². The van der Waals surface area contributed by atoms with Crippen LogP contribution in [0.1, 0.15) is 25.7 Å². The summed E-state index contributed by atoms with van der Waals surface area (Å²) in [5.74, 6) is 0.416. The Bertz CT molecular complexity index is 510. The standard InChI is InChI=1S/C14H21ClN2O2S/c15-9-4-12-20(18,19)16-13-5-7-14(8-6-13)17-10-2-1-3-11-17/h5-8,16H,1-4,9-12H2. The maximum absolute atomic E-state index is 11.8. The van der Waals surface area contributed by atoms with Crippen molar-refractivity contribution in [2.45, 2.75) is 25.7 Å². The Morgan fingerprint density at radius 2 is 1.75 bits per heavy atom. The molecule has 1 aliphatic rings. The molecule has 0 aliphatic carbocycles. The van der Waals surface area contributed by atoms with Crippen LogP contribution in [0.15, 0.2) is 24.3 Å². The number of anilines is 2. The molecule has 1 aliphatic heterocycles. The second kappa shape index (κ2) is 7.18. The first-order valence-corrected chi connectivity index (χ1v) is 9.21. The van der Waals surface area contributed by atoms with Gasteiger partial charge in [0, 0.05) is 30.3 Å². The molecule has 6 heteroatoms. The third-order valence-corrected chi connectivity index (χ3v) is 5.05. The van der Waals surface area contributed by atoms with E-state index in [1.807, 2.05) is 24.3 Å². The van der Waals surface area contributed by atoms with Gasteiger partial charge in [0.2, 0.25) is 10.0 Å². The number of benzene rings is 1. The van der Waals surface area contributed by atoms with E-state index >= 15 is 0 Å². The maximum Gasteiger partial charge on any atom is 0.232 e. The number of halogens is 1. The molecule has 112 valence electrons. The van der Waals surface area contributed by atoms with E-state index in [-0.39, 0.29) is 5.75 Å². The minimum absolute atomic E-state index is 0.0599. The normalized spacial score (nSPS) is 16.1. The van der Waals surface area contributed by atoms with Crippen molar-refractivity contribution in [3.63, 3.8) is 0 Å². The summed E-state index contributed by atoms with van der Waals surface area (Å²) in [5, 5.41) is 0. The molecule has 20 heavy (non-hydrogen) atoms. The third-order valence-electron chi connectivity index (χ3n) is 3.41. The van der Waals surface area contributed by atoms with Gasteiger partial charge in [0.1, 0.15) is 0 Å². The van der Waals surface area contributed by atoms with E-state index in [0.717, 1.165) is 18.8 Å². The first-order chi connectivity index (χ1) is 9.61. The zero-order valence-electron chi connectivity index (χ0n) is 11.5. The zero-order valence-corrected chi connectivity index (χ0v) is 13.1. The predicted molar refractivity (Wildman–Crippen MR) is 85.3 cm³/mol. The molecule has 1 fully saturated rings. The average Bonchev–Trinajstić information content (AvgIpc) is 2.46. The van der Waals surface area contributed by atoms with Crippen molar-refractivity contribution in [3.05, 3.63) is 24.3 Å². The van der Waals surface area contributed by atoms with Gasteiger partial charge < -0.3 is 4.90 Å². The number of piperidine rings is 1. The first kappa shape index (κ1) is 15.4. The van der Waals surface area contributed by atoms with Crippen LogP contribution in [0, 0.1) is 0 Å². The molecule has 2 rings (SSSR count). The van der Waals surface area contributed by atoms with Gasteiger partial charge in [-0.15, -0.1) is 11.6 Å². The van der Waals surface area contributed by atoms with Crippen LogP contribution < -0.4 is 9.62 Å². The smallest absolute Gasteiger partial charge is 0.232 e. The SMILES string of the molecule is O=S(=O)(CCCCl)Nc1ccc(N2CCCCC2)cc1. The van der Waals surface area contributed by atoms with Crippen LogP contribution in [-0.2, 0) is 10.0 Å². The van der Waals surface area contributed by atoms with Gasteiger partial charge in [0.15, 0.2) is 0 Å². The van der Waals surface area contributed by atoms with Crippen LogP contribution in [0.25, 0.3) is 0 Å². The third kappa shape index (κ3) is 4.56. The minimum atomic E-state index is -3.28. The molecule has 0 amide bonds. The highest BCUT2D eigenvalue weighted by atomic mass is 35.5. The minimum Gasteiger partial charge on any atom is -0.372 e. The van der Waals surface area contributed by atoms with Crippen molar-refractivity contribution in [2.75, 3.05) is 34.3 Å². The molecule has 0 saturated carbocycles. The fourth-order valence-corrected chi connectivity index (χ4v) is 3.78. The fraction of sp³-hybridized carbons (Fsp3) is 0.571. The van der Waals surface area contributed by atoms with Gasteiger partial charge in [0.25, 0.3) is 0 Å². The van der Waals surface area contributed by atoms with Gasteiger partial charge in [0.05, 0.1) is 5.75 Å². The Hall–Kier alpha value is -0.940. The van der Waals surface area contributed by atoms with Crippen molar-refractivity contribution in [1.82, 2.24) is 0 Å². The molecule has 1 heterocycles. The van der Waals surface area contributed by atoms with Gasteiger partial charge >= 0.3 is 0 Å². The lowest BCUT2D eigenvalue weighted by atomic mass is 10.1. The topological polar surface area (TPSA) is 49.4 Å². The molecular formula is C14H21ClN2O2S. The van der Waals surface area contributed by atoms with Gasteiger partial charge in [-0.25, -0.2) is 8.42 Å². The molecule has 1 aromatic rings. The van der Waals surface area contributed by atoms with Crippen molar-refractivity contribution in [3.8, 4) is 0 Å². The number of sulfonamides is 1. The molecule has 1 N–H and O–H groups in total. The van der Waals surface area contributed by atoms with E-state index in [2.05, 4.69) is 9.62 Å². The largest absolute Gasteiger partial charge is 0.372 e. The summed E-state index contributed by atoms with van der Waals surface area (Å²) in [6.45, 7) is 2.17. The van der Waals surface area contributed by atoms with Crippen LogP contribution in [-0.4, -0.2) is 33.1 Å². The fourth-order valence-electron chi connectivity index (χ4n) is 2.37. The number of rotatable bonds is 6. The number of nitrogens with zero attached hydrogens (tertiary/aromatic N) is 1. The Kier molecular flexibility index (Phi) is 5.54. The van der Waals surface area contributed by atoms with Gasteiger partial charge in [-0.2, -0.15) is 0 Å². The maximum atomic E-state index is 11.8. The quantitative estimate of drug-likeness (QED) is 0.821. The summed E-state index contributed by atoms with van der Waals surface area (Å²) >= 11 is 5.52. The lowest BCUT2D eigenvalue weighted by Crippen LogP contribution is -2.29. The number of alkyl halides is 1. The molecule has 1 aromatic carbocycles. The number of nitrogens with one attached hydrogen (secondary N) is 1. The second-order valence-corrected chi connectivity index (χ2v) is 7.28. The summed E-state index contributed by atoms with van der Waals surface area (Å²) in [5.41, 5.74) is 1.77. The van der Waals surface area contributed by atoms with Crippen LogP contribution in [0.4, 0.5) is 11.4 Å². The van der Waals surface area contributed by atoms with E-state index in [9.17, 15) is 8.42 Å². The number of hydrogen-bond acceptors (Lipinski definition) is 3. The van der Waals surface area contributed by atoms with Gasteiger partial charge in [-0.05, 0) is 49.9 Å². The molecule has 0 unspecified atom stereocenters. The van der Waals surface area contributed by atoms with E-state index in [1.54, 1.807) is 0 Å². The van der Waals surface area contributed by atoms with Crippen molar-refractivity contribution in [1.29, 1.82) is 0 Å². The predicted octanol–water partition coefficient (Wildman–Crippen LogP) is 3.05. The van der Waals surface area contributed by atoms with E-state index in [0.29, 0.717) is 18.0 Å². The summed E-state index contributed by atoms with van der Waals surface area (Å²) in [7, 11) is -3.28. The number of hydrogen-bond donors (Lipinski definition) is 1. The lowest BCUT2D eigenvalue weighted by Gasteiger charge is -2.28. The summed E-state index contributed by atoms with van der Waals surface area (Å²) in [6, 6.07) is 7.60. The van der Waals surface area contributed by atoms with Gasteiger partial charge in [-0.1, -0.05) is 0 Å². The van der Waals surface area contributed by atoms with Crippen LogP contribution >= 0.6 is 11.6 Å². The molecular weight excluding hydrogens is 296 g/mol. The monoisotopic (exact) mass is 316 g/mol. The molecule has 0 atom stereocenters. The molecule has 1 saturated heterocycles. The molecule has 4 nitrogen and oxygen atoms in total. The van der Waals surface area contributed by atoms with Crippen LogP contribution in [0.5, 0.6) is 0 Å². The van der Waals surface area contributed by atoms with Crippen molar-refractivity contribution in [2.24, 2.45) is 0 Å². The molecule has 0 spiro atoms. The highest BCUT2D eigenvalue weighted by molar-refractivity contribution is 7.92. The Balaban J connectivity index is 1.97. The first-order valence-electron chi connectivity index (χ1n) is 7.02. The highest BCUT2D eigenvalue weighted by Gasteiger charge is 2.12. The summed E-state index contributed by atoms with van der Waals surface area (Å²) < 4.78 is 26.1. The van der Waals surface area contributed by atoms with Crippen LogP contribution in [0.2, 0.25) is 0 Å². The Labute approximate surface area is 126 Å². The van der Waals surface area contributed by atoms with E-state index < -0.39 is 10.0 Å². The second-order valence-electron chi connectivity index (χ2n) is 5.06. The van der Waals surface area contributed by atoms with Crippen molar-refractivity contribution < 1.29 is 8.42 Å². The molecule has 0 bridgehead atoms. The zero-order chi connectivity index (χ0) is 14.4. The lowest BCUT2D eigenvalue weighted by molar-refractivity contribution is 0.578. The van der Waals surface area contributed by atoms with Crippen LogP contribution in [0.3, 0.4) is 0 Å². The average molecular weight is 317 g/mol. The summed E-state index contributed by atoms with van der Waals surface area (Å²) in [4.78, 5) is 2.34. The Morgan fingerprint density at radius 1 is 1.10 bits per heavy atom.